The Kier molecular flexibility index (Phi) is 6.57. The highest BCUT2D eigenvalue weighted by Gasteiger charge is 1.98. The third-order valence-corrected chi connectivity index (χ3v) is 1.87. The molecule has 0 aromatic carbocycles. The second-order valence-electron chi connectivity index (χ2n) is 3.35. The largest absolute Gasteiger partial charge is 0.382 e. The predicted molar refractivity (Wildman–Crippen MR) is 48.9 cm³/mol. The minimum atomic E-state index is 0.428. The molecule has 0 bridgehead atoms. The van der Waals surface area contributed by atoms with Gasteiger partial charge in [0.25, 0.3) is 0 Å². The van der Waals surface area contributed by atoms with Crippen molar-refractivity contribution in [2.24, 2.45) is 0 Å². The zero-order chi connectivity index (χ0) is 8.69. The number of methoxy groups -OCH3 is 1. The van der Waals surface area contributed by atoms with Crippen molar-refractivity contribution in [3.63, 3.8) is 0 Å². The molecule has 0 radical (unpaired) electrons. The van der Waals surface area contributed by atoms with E-state index in [9.17, 15) is 0 Å². The van der Waals surface area contributed by atoms with Gasteiger partial charge in [-0.25, -0.2) is 0 Å². The highest BCUT2D eigenvalue weighted by Crippen LogP contribution is 2.02. The van der Waals surface area contributed by atoms with Gasteiger partial charge in [0.1, 0.15) is 0 Å². The molecule has 0 aromatic rings. The smallest absolute Gasteiger partial charge is 0.0543 e. The van der Waals surface area contributed by atoms with Crippen molar-refractivity contribution in [3.8, 4) is 0 Å². The molecule has 1 unspecified atom stereocenters. The standard InChI is InChI=1S/C9H21NO/c1-9(11-4)7-5-6-8-10(2)3/h9H,5-8H2,1-4H3. The Hall–Kier alpha value is -0.0800. The summed E-state index contributed by atoms with van der Waals surface area (Å²) in [4.78, 5) is 2.22. The van der Waals surface area contributed by atoms with Crippen LogP contribution < -0.4 is 0 Å². The lowest BCUT2D eigenvalue weighted by Gasteiger charge is -2.11. The summed E-state index contributed by atoms with van der Waals surface area (Å²) < 4.78 is 5.14. The molecule has 0 N–H and O–H groups in total. The fourth-order valence-corrected chi connectivity index (χ4v) is 0.978. The van der Waals surface area contributed by atoms with Crippen molar-refractivity contribution < 1.29 is 4.74 Å². The van der Waals surface area contributed by atoms with Crippen LogP contribution in [0, 0.1) is 0 Å². The molecular formula is C9H21NO. The van der Waals surface area contributed by atoms with E-state index in [0.29, 0.717) is 6.10 Å². The number of ether oxygens (including phenoxy) is 1. The Labute approximate surface area is 70.5 Å². The van der Waals surface area contributed by atoms with Gasteiger partial charge in [-0.2, -0.15) is 0 Å². The molecule has 0 aliphatic heterocycles. The van der Waals surface area contributed by atoms with E-state index in [1.807, 2.05) is 0 Å². The number of rotatable bonds is 6. The molecule has 0 aromatic heterocycles. The minimum absolute atomic E-state index is 0.428. The summed E-state index contributed by atoms with van der Waals surface area (Å²) in [6.07, 6.45) is 4.16. The number of nitrogens with zero attached hydrogens (tertiary/aromatic N) is 1. The van der Waals surface area contributed by atoms with E-state index in [0.717, 1.165) is 0 Å². The molecule has 11 heavy (non-hydrogen) atoms. The second-order valence-corrected chi connectivity index (χ2v) is 3.35. The van der Waals surface area contributed by atoms with Gasteiger partial charge in [-0.05, 0) is 46.8 Å². The lowest BCUT2D eigenvalue weighted by Crippen LogP contribution is -2.13. The summed E-state index contributed by atoms with van der Waals surface area (Å²) >= 11 is 0. The maximum absolute atomic E-state index is 5.14. The quantitative estimate of drug-likeness (QED) is 0.547. The summed E-state index contributed by atoms with van der Waals surface area (Å²) in [7, 11) is 6.00. The van der Waals surface area contributed by atoms with Crippen molar-refractivity contribution in [2.75, 3.05) is 27.7 Å². The molecule has 2 nitrogen and oxygen atoms in total. The van der Waals surface area contributed by atoms with Crippen LogP contribution in [0.5, 0.6) is 0 Å². The van der Waals surface area contributed by atoms with Gasteiger partial charge in [0.15, 0.2) is 0 Å². The molecule has 68 valence electrons. The Morgan fingerprint density at radius 1 is 1.27 bits per heavy atom. The highest BCUT2D eigenvalue weighted by atomic mass is 16.5. The van der Waals surface area contributed by atoms with Gasteiger partial charge in [-0.15, -0.1) is 0 Å². The van der Waals surface area contributed by atoms with Crippen LogP contribution in [0.15, 0.2) is 0 Å². The first-order chi connectivity index (χ1) is 5.16. The summed E-state index contributed by atoms with van der Waals surface area (Å²) in [5.41, 5.74) is 0. The molecule has 0 saturated heterocycles. The zero-order valence-corrected chi connectivity index (χ0v) is 8.26. The average Bonchev–Trinajstić information content (AvgIpc) is 1.97. The van der Waals surface area contributed by atoms with Crippen molar-refractivity contribution >= 4 is 0 Å². The molecule has 0 amide bonds. The number of hydrogen-bond acceptors (Lipinski definition) is 2. The molecule has 0 heterocycles. The summed E-state index contributed by atoms with van der Waals surface area (Å²) in [5, 5.41) is 0. The van der Waals surface area contributed by atoms with E-state index < -0.39 is 0 Å². The van der Waals surface area contributed by atoms with Gasteiger partial charge < -0.3 is 9.64 Å². The highest BCUT2D eigenvalue weighted by molar-refractivity contribution is 4.51. The maximum Gasteiger partial charge on any atom is 0.0543 e. The average molecular weight is 159 g/mol. The van der Waals surface area contributed by atoms with E-state index in [4.69, 9.17) is 4.74 Å². The topological polar surface area (TPSA) is 12.5 Å². The third-order valence-electron chi connectivity index (χ3n) is 1.87. The molecule has 0 saturated carbocycles. The van der Waals surface area contributed by atoms with Crippen LogP contribution in [0.4, 0.5) is 0 Å². The molecule has 2 heteroatoms. The van der Waals surface area contributed by atoms with Crippen molar-refractivity contribution in [2.45, 2.75) is 32.3 Å². The van der Waals surface area contributed by atoms with E-state index in [2.05, 4.69) is 25.9 Å². The Morgan fingerprint density at radius 2 is 1.91 bits per heavy atom. The molecule has 0 rings (SSSR count). The Balaban J connectivity index is 3.01. The lowest BCUT2D eigenvalue weighted by molar-refractivity contribution is 0.108. The summed E-state index contributed by atoms with van der Waals surface area (Å²) in [5.74, 6) is 0. The first-order valence-electron chi connectivity index (χ1n) is 4.34. The molecular weight excluding hydrogens is 138 g/mol. The van der Waals surface area contributed by atoms with Crippen LogP contribution >= 0.6 is 0 Å². The normalized spacial score (nSPS) is 13.9. The monoisotopic (exact) mass is 159 g/mol. The van der Waals surface area contributed by atoms with E-state index >= 15 is 0 Å². The SMILES string of the molecule is COC(C)CCCCN(C)C. The molecule has 0 fully saturated rings. The van der Waals surface area contributed by atoms with Gasteiger partial charge >= 0.3 is 0 Å². The molecule has 0 spiro atoms. The van der Waals surface area contributed by atoms with Crippen LogP contribution in [0.3, 0.4) is 0 Å². The van der Waals surface area contributed by atoms with Gasteiger partial charge in [0, 0.05) is 7.11 Å². The third kappa shape index (κ3) is 7.82. The number of hydrogen-bond donors (Lipinski definition) is 0. The van der Waals surface area contributed by atoms with Crippen molar-refractivity contribution in [1.82, 2.24) is 4.90 Å². The Bertz CT molecular complexity index is 83.6. The summed E-state index contributed by atoms with van der Waals surface area (Å²) in [6.45, 7) is 3.31. The van der Waals surface area contributed by atoms with Crippen LogP contribution in [0.2, 0.25) is 0 Å². The van der Waals surface area contributed by atoms with Crippen LogP contribution in [-0.2, 0) is 4.74 Å². The lowest BCUT2D eigenvalue weighted by atomic mass is 10.2. The molecule has 1 atom stereocenters. The van der Waals surface area contributed by atoms with Gasteiger partial charge in [-0.1, -0.05) is 0 Å². The second kappa shape index (κ2) is 6.62. The van der Waals surface area contributed by atoms with E-state index in [1.165, 1.54) is 25.8 Å². The van der Waals surface area contributed by atoms with Gasteiger partial charge in [0.2, 0.25) is 0 Å². The van der Waals surface area contributed by atoms with Crippen molar-refractivity contribution in [1.29, 1.82) is 0 Å². The van der Waals surface area contributed by atoms with E-state index in [1.54, 1.807) is 7.11 Å². The van der Waals surface area contributed by atoms with Gasteiger partial charge in [-0.3, -0.25) is 0 Å². The molecule has 0 aliphatic carbocycles. The number of unbranched alkanes of at least 4 members (excludes halogenated alkanes) is 1. The Morgan fingerprint density at radius 3 is 2.36 bits per heavy atom. The van der Waals surface area contributed by atoms with Crippen LogP contribution in [0.1, 0.15) is 26.2 Å². The van der Waals surface area contributed by atoms with E-state index in [-0.39, 0.29) is 0 Å². The fraction of sp³-hybridized carbons (Fsp3) is 1.00. The van der Waals surface area contributed by atoms with Crippen LogP contribution in [0.25, 0.3) is 0 Å². The van der Waals surface area contributed by atoms with Crippen LogP contribution in [-0.4, -0.2) is 38.8 Å². The first kappa shape index (κ1) is 10.9. The summed E-state index contributed by atoms with van der Waals surface area (Å²) in [6, 6.07) is 0. The van der Waals surface area contributed by atoms with Crippen molar-refractivity contribution in [3.05, 3.63) is 0 Å². The zero-order valence-electron chi connectivity index (χ0n) is 8.26. The van der Waals surface area contributed by atoms with Gasteiger partial charge in [0.05, 0.1) is 6.10 Å². The fourth-order valence-electron chi connectivity index (χ4n) is 0.978. The first-order valence-corrected chi connectivity index (χ1v) is 4.34. The molecule has 0 aliphatic rings. The minimum Gasteiger partial charge on any atom is -0.382 e. The maximum atomic E-state index is 5.14. The predicted octanol–water partition coefficient (Wildman–Crippen LogP) is 1.75.